The zero-order valence-corrected chi connectivity index (χ0v) is 25.7. The highest BCUT2D eigenvalue weighted by molar-refractivity contribution is 7.92. The van der Waals surface area contributed by atoms with Gasteiger partial charge in [0.25, 0.3) is 10.0 Å². The highest BCUT2D eigenvalue weighted by Crippen LogP contribution is 2.28. The predicted octanol–water partition coefficient (Wildman–Crippen LogP) is 5.19. The molecule has 230 valence electrons. The molecule has 2 amide bonds. The molecule has 0 bridgehead atoms. The van der Waals surface area contributed by atoms with Crippen molar-refractivity contribution in [3.63, 3.8) is 0 Å². The lowest BCUT2D eigenvalue weighted by molar-refractivity contribution is -0.140. The van der Waals surface area contributed by atoms with Gasteiger partial charge in [0, 0.05) is 25.1 Å². The van der Waals surface area contributed by atoms with Crippen LogP contribution in [0.1, 0.15) is 25.0 Å². The van der Waals surface area contributed by atoms with E-state index in [4.69, 9.17) is 4.74 Å². The van der Waals surface area contributed by atoms with Crippen molar-refractivity contribution in [3.8, 4) is 5.75 Å². The SMILES string of the molecule is COc1cccc(N(CC(=O)N(Cc2ccc(F)cc2)C(Cc2ccccc2)C(=O)NC(C)C)S(=O)(=O)c2ccccc2)c1. The molecule has 0 radical (unpaired) electrons. The number of anilines is 1. The molecule has 0 saturated carbocycles. The average Bonchev–Trinajstić information content (AvgIpc) is 3.02. The number of nitrogens with one attached hydrogen (secondary N) is 1. The monoisotopic (exact) mass is 617 g/mol. The Morgan fingerprint density at radius 1 is 0.841 bits per heavy atom. The number of sulfonamides is 1. The minimum atomic E-state index is -4.23. The van der Waals surface area contributed by atoms with Gasteiger partial charge in [-0.15, -0.1) is 0 Å². The summed E-state index contributed by atoms with van der Waals surface area (Å²) in [7, 11) is -2.77. The van der Waals surface area contributed by atoms with E-state index in [1.807, 2.05) is 44.2 Å². The summed E-state index contributed by atoms with van der Waals surface area (Å²) in [6, 6.07) is 27.9. The Kier molecular flexibility index (Phi) is 10.7. The first-order valence-corrected chi connectivity index (χ1v) is 15.6. The van der Waals surface area contributed by atoms with Crippen LogP contribution in [0.2, 0.25) is 0 Å². The molecule has 0 aliphatic rings. The van der Waals surface area contributed by atoms with Gasteiger partial charge < -0.3 is 15.0 Å². The smallest absolute Gasteiger partial charge is 0.264 e. The molecule has 4 aromatic carbocycles. The van der Waals surface area contributed by atoms with Gasteiger partial charge in [-0.05, 0) is 61.4 Å². The third kappa shape index (κ3) is 8.23. The van der Waals surface area contributed by atoms with Crippen LogP contribution in [0.4, 0.5) is 10.1 Å². The van der Waals surface area contributed by atoms with Crippen molar-refractivity contribution in [2.45, 2.75) is 43.8 Å². The molecule has 0 aromatic heterocycles. The van der Waals surface area contributed by atoms with Crippen molar-refractivity contribution >= 4 is 27.5 Å². The molecule has 0 heterocycles. The number of hydrogen-bond acceptors (Lipinski definition) is 5. The molecule has 8 nitrogen and oxygen atoms in total. The summed E-state index contributed by atoms with van der Waals surface area (Å²) in [6.07, 6.45) is 0.178. The number of rotatable bonds is 13. The summed E-state index contributed by atoms with van der Waals surface area (Å²) in [5.41, 5.74) is 1.61. The van der Waals surface area contributed by atoms with Gasteiger partial charge in [0.2, 0.25) is 11.8 Å². The number of amides is 2. The highest BCUT2D eigenvalue weighted by atomic mass is 32.2. The van der Waals surface area contributed by atoms with Gasteiger partial charge in [0.05, 0.1) is 17.7 Å². The van der Waals surface area contributed by atoms with E-state index >= 15 is 0 Å². The van der Waals surface area contributed by atoms with Crippen LogP contribution in [-0.2, 0) is 32.6 Å². The molecule has 0 aliphatic carbocycles. The molecule has 0 aliphatic heterocycles. The fraction of sp³-hybridized carbons (Fsp3) is 0.235. The number of methoxy groups -OCH3 is 1. The van der Waals surface area contributed by atoms with Gasteiger partial charge in [-0.25, -0.2) is 12.8 Å². The van der Waals surface area contributed by atoms with Crippen LogP contribution in [0.15, 0.2) is 114 Å². The summed E-state index contributed by atoms with van der Waals surface area (Å²) in [5, 5.41) is 2.91. The predicted molar refractivity (Wildman–Crippen MR) is 168 cm³/mol. The van der Waals surface area contributed by atoms with Gasteiger partial charge >= 0.3 is 0 Å². The average molecular weight is 618 g/mol. The standard InChI is InChI=1S/C34H36FN3O5S/c1-25(2)36-34(40)32(21-26-11-6-4-7-12-26)37(23-27-17-19-28(35)20-18-27)33(39)24-38(29-13-10-14-30(22-29)43-3)44(41,42)31-15-8-5-9-16-31/h4-20,22,25,32H,21,23-24H2,1-3H3,(H,36,40). The lowest BCUT2D eigenvalue weighted by Crippen LogP contribution is -2.54. The molecule has 44 heavy (non-hydrogen) atoms. The number of carbonyl (C=O) groups excluding carboxylic acids is 2. The molecule has 1 unspecified atom stereocenters. The lowest BCUT2D eigenvalue weighted by atomic mass is 10.0. The number of carbonyl (C=O) groups is 2. The van der Waals surface area contributed by atoms with Crippen molar-refractivity contribution in [1.82, 2.24) is 10.2 Å². The first-order chi connectivity index (χ1) is 21.1. The van der Waals surface area contributed by atoms with Crippen molar-refractivity contribution in [1.29, 1.82) is 0 Å². The summed E-state index contributed by atoms with van der Waals surface area (Å²) in [5.74, 6) is -1.04. The van der Waals surface area contributed by atoms with Crippen molar-refractivity contribution in [2.75, 3.05) is 18.0 Å². The van der Waals surface area contributed by atoms with Crippen LogP contribution in [0, 0.1) is 5.82 Å². The minimum Gasteiger partial charge on any atom is -0.497 e. The molecular weight excluding hydrogens is 581 g/mol. The molecule has 0 saturated heterocycles. The molecule has 1 N–H and O–H groups in total. The zero-order chi connectivity index (χ0) is 31.7. The van der Waals surface area contributed by atoms with Crippen LogP contribution in [0.3, 0.4) is 0 Å². The minimum absolute atomic E-state index is 0.000842. The molecular formula is C34H36FN3O5S. The largest absolute Gasteiger partial charge is 0.497 e. The lowest BCUT2D eigenvalue weighted by Gasteiger charge is -2.34. The van der Waals surface area contributed by atoms with Gasteiger partial charge in [0.15, 0.2) is 0 Å². The molecule has 4 aromatic rings. The summed E-state index contributed by atoms with van der Waals surface area (Å²) in [6.45, 7) is 2.98. The fourth-order valence-electron chi connectivity index (χ4n) is 4.74. The number of halogens is 1. The van der Waals surface area contributed by atoms with Gasteiger partial charge in [-0.3, -0.25) is 13.9 Å². The van der Waals surface area contributed by atoms with Gasteiger partial charge in [-0.2, -0.15) is 0 Å². The Hall–Kier alpha value is -4.70. The summed E-state index contributed by atoms with van der Waals surface area (Å²) in [4.78, 5) is 29.4. The Balaban J connectivity index is 1.81. The zero-order valence-electron chi connectivity index (χ0n) is 24.9. The van der Waals surface area contributed by atoms with Crippen molar-refractivity contribution in [3.05, 3.63) is 126 Å². The number of nitrogens with zero attached hydrogens (tertiary/aromatic N) is 2. The number of hydrogen-bond donors (Lipinski definition) is 1. The Morgan fingerprint density at radius 3 is 2.09 bits per heavy atom. The van der Waals surface area contributed by atoms with Gasteiger partial charge in [0.1, 0.15) is 24.2 Å². The van der Waals surface area contributed by atoms with Crippen LogP contribution >= 0.6 is 0 Å². The van der Waals surface area contributed by atoms with Crippen molar-refractivity contribution in [2.24, 2.45) is 0 Å². The summed E-state index contributed by atoms with van der Waals surface area (Å²) >= 11 is 0. The normalized spacial score (nSPS) is 11.9. The molecule has 10 heteroatoms. The first-order valence-electron chi connectivity index (χ1n) is 14.2. The first kappa shape index (κ1) is 32.2. The van der Waals surface area contributed by atoms with Crippen LogP contribution in [-0.4, -0.2) is 50.9 Å². The number of ether oxygens (including phenoxy) is 1. The Labute approximate surface area is 258 Å². The third-order valence-corrected chi connectivity index (χ3v) is 8.71. The second-order valence-corrected chi connectivity index (χ2v) is 12.4. The second kappa shape index (κ2) is 14.7. The van der Waals surface area contributed by atoms with Crippen molar-refractivity contribution < 1.29 is 27.1 Å². The third-order valence-electron chi connectivity index (χ3n) is 6.92. The van der Waals surface area contributed by atoms with E-state index in [1.54, 1.807) is 36.4 Å². The fourth-order valence-corrected chi connectivity index (χ4v) is 6.16. The number of benzene rings is 4. The van der Waals surface area contributed by atoms with Crippen LogP contribution < -0.4 is 14.4 Å². The van der Waals surface area contributed by atoms with E-state index in [0.717, 1.165) is 9.87 Å². The highest BCUT2D eigenvalue weighted by Gasteiger charge is 2.35. The summed E-state index contributed by atoms with van der Waals surface area (Å²) < 4.78 is 48.2. The van der Waals surface area contributed by atoms with E-state index in [2.05, 4.69) is 5.32 Å². The van der Waals surface area contributed by atoms with E-state index in [-0.39, 0.29) is 29.6 Å². The molecule has 1 atom stereocenters. The van der Waals surface area contributed by atoms with E-state index in [9.17, 15) is 22.4 Å². The molecule has 0 spiro atoms. The second-order valence-electron chi connectivity index (χ2n) is 10.5. The van der Waals surface area contributed by atoms with Crippen LogP contribution in [0.25, 0.3) is 0 Å². The maximum atomic E-state index is 14.4. The Bertz CT molecular complexity index is 1650. The maximum Gasteiger partial charge on any atom is 0.264 e. The van der Waals surface area contributed by atoms with E-state index in [0.29, 0.717) is 11.3 Å². The maximum absolute atomic E-state index is 14.4. The molecule has 0 fully saturated rings. The molecule has 4 rings (SSSR count). The van der Waals surface area contributed by atoms with Crippen LogP contribution in [0.5, 0.6) is 5.75 Å². The van der Waals surface area contributed by atoms with Gasteiger partial charge in [-0.1, -0.05) is 66.7 Å². The van der Waals surface area contributed by atoms with E-state index in [1.165, 1.54) is 54.5 Å². The quantitative estimate of drug-likeness (QED) is 0.223. The van der Waals surface area contributed by atoms with E-state index < -0.39 is 40.2 Å². The Morgan fingerprint density at radius 2 is 1.48 bits per heavy atom. The topological polar surface area (TPSA) is 96.0 Å².